The molecule has 2 aromatic carbocycles. The van der Waals surface area contributed by atoms with Gasteiger partial charge < -0.3 is 5.73 Å². The molecule has 19 heavy (non-hydrogen) atoms. The van der Waals surface area contributed by atoms with Crippen molar-refractivity contribution in [1.82, 2.24) is 0 Å². The summed E-state index contributed by atoms with van der Waals surface area (Å²) in [5.74, 6) is 0.246. The molecule has 2 N–H and O–H groups in total. The standard InChI is InChI=1S/C15H14BrCl2N/c16-13-4-1-11(15(18)8-13)7-12(9-19)10-2-5-14(17)6-3-10/h1-6,8,12H,7,9,19H2. The zero-order chi connectivity index (χ0) is 13.8. The highest BCUT2D eigenvalue weighted by Gasteiger charge is 2.12. The number of benzene rings is 2. The van der Waals surface area contributed by atoms with E-state index in [-0.39, 0.29) is 5.92 Å². The molecule has 100 valence electrons. The molecule has 0 aliphatic rings. The minimum atomic E-state index is 0.246. The van der Waals surface area contributed by atoms with Crippen LogP contribution in [0, 0.1) is 0 Å². The fourth-order valence-corrected chi connectivity index (χ4v) is 2.90. The summed E-state index contributed by atoms with van der Waals surface area (Å²) in [6.45, 7) is 0.577. The zero-order valence-corrected chi connectivity index (χ0v) is 13.3. The smallest absolute Gasteiger partial charge is 0.0449 e. The van der Waals surface area contributed by atoms with Crippen molar-refractivity contribution in [1.29, 1.82) is 0 Å². The van der Waals surface area contributed by atoms with E-state index in [1.165, 1.54) is 5.56 Å². The second-order valence-corrected chi connectivity index (χ2v) is 6.18. The van der Waals surface area contributed by atoms with E-state index in [1.54, 1.807) is 0 Å². The highest BCUT2D eigenvalue weighted by atomic mass is 79.9. The van der Waals surface area contributed by atoms with E-state index in [4.69, 9.17) is 28.9 Å². The first-order valence-electron chi connectivity index (χ1n) is 5.99. The van der Waals surface area contributed by atoms with E-state index in [9.17, 15) is 0 Å². The Morgan fingerprint density at radius 2 is 1.74 bits per heavy atom. The molecule has 0 bridgehead atoms. The average molecular weight is 359 g/mol. The van der Waals surface area contributed by atoms with Crippen LogP contribution < -0.4 is 5.73 Å². The van der Waals surface area contributed by atoms with Gasteiger partial charge in [0.2, 0.25) is 0 Å². The number of nitrogens with two attached hydrogens (primary N) is 1. The molecule has 0 aliphatic heterocycles. The van der Waals surface area contributed by atoms with Gasteiger partial charge >= 0.3 is 0 Å². The maximum absolute atomic E-state index is 6.25. The van der Waals surface area contributed by atoms with E-state index < -0.39 is 0 Å². The SMILES string of the molecule is NCC(Cc1ccc(Br)cc1Cl)c1ccc(Cl)cc1. The van der Waals surface area contributed by atoms with Crippen molar-refractivity contribution in [3.05, 3.63) is 68.1 Å². The molecule has 0 saturated heterocycles. The van der Waals surface area contributed by atoms with Gasteiger partial charge in [0.25, 0.3) is 0 Å². The Balaban J connectivity index is 2.21. The van der Waals surface area contributed by atoms with Crippen LogP contribution in [0.5, 0.6) is 0 Å². The van der Waals surface area contributed by atoms with Crippen molar-refractivity contribution in [2.75, 3.05) is 6.54 Å². The van der Waals surface area contributed by atoms with Crippen molar-refractivity contribution in [3.63, 3.8) is 0 Å². The normalized spacial score (nSPS) is 12.4. The summed E-state index contributed by atoms with van der Waals surface area (Å²) in [6, 6.07) is 13.8. The lowest BCUT2D eigenvalue weighted by Crippen LogP contribution is -2.15. The van der Waals surface area contributed by atoms with Gasteiger partial charge in [0.05, 0.1) is 0 Å². The molecule has 4 heteroatoms. The maximum Gasteiger partial charge on any atom is 0.0449 e. The van der Waals surface area contributed by atoms with Crippen molar-refractivity contribution in [2.24, 2.45) is 5.73 Å². The maximum atomic E-state index is 6.25. The first kappa shape index (κ1) is 14.9. The van der Waals surface area contributed by atoms with E-state index in [0.29, 0.717) is 6.54 Å². The van der Waals surface area contributed by atoms with Crippen LogP contribution in [0.4, 0.5) is 0 Å². The molecule has 1 atom stereocenters. The molecule has 0 amide bonds. The van der Waals surface area contributed by atoms with E-state index in [0.717, 1.165) is 26.5 Å². The number of hydrogen-bond acceptors (Lipinski definition) is 1. The van der Waals surface area contributed by atoms with Gasteiger partial charge in [-0.25, -0.2) is 0 Å². The van der Waals surface area contributed by atoms with Crippen LogP contribution >= 0.6 is 39.1 Å². The minimum absolute atomic E-state index is 0.246. The lowest BCUT2D eigenvalue weighted by molar-refractivity contribution is 0.694. The molecule has 2 rings (SSSR count). The molecule has 1 nitrogen and oxygen atoms in total. The largest absolute Gasteiger partial charge is 0.330 e. The molecule has 0 aromatic heterocycles. The van der Waals surface area contributed by atoms with Crippen LogP contribution in [0.2, 0.25) is 10.0 Å². The van der Waals surface area contributed by atoms with Gasteiger partial charge in [-0.1, -0.05) is 57.3 Å². The molecule has 1 unspecified atom stereocenters. The minimum Gasteiger partial charge on any atom is -0.330 e. The van der Waals surface area contributed by atoms with Gasteiger partial charge in [-0.3, -0.25) is 0 Å². The Morgan fingerprint density at radius 3 is 2.32 bits per heavy atom. The summed E-state index contributed by atoms with van der Waals surface area (Å²) in [5, 5.41) is 1.50. The van der Waals surface area contributed by atoms with Crippen LogP contribution in [0.25, 0.3) is 0 Å². The summed E-state index contributed by atoms with van der Waals surface area (Å²) >= 11 is 15.6. The van der Waals surface area contributed by atoms with Crippen molar-refractivity contribution in [3.8, 4) is 0 Å². The van der Waals surface area contributed by atoms with Crippen LogP contribution in [-0.4, -0.2) is 6.54 Å². The topological polar surface area (TPSA) is 26.0 Å². The number of hydrogen-bond donors (Lipinski definition) is 1. The van der Waals surface area contributed by atoms with Crippen molar-refractivity contribution in [2.45, 2.75) is 12.3 Å². The second-order valence-electron chi connectivity index (χ2n) is 4.42. The summed E-state index contributed by atoms with van der Waals surface area (Å²) in [6.07, 6.45) is 0.824. The van der Waals surface area contributed by atoms with Gasteiger partial charge in [-0.15, -0.1) is 0 Å². The van der Waals surface area contributed by atoms with E-state index in [2.05, 4.69) is 15.9 Å². The monoisotopic (exact) mass is 357 g/mol. The lowest BCUT2D eigenvalue weighted by atomic mass is 9.92. The molecule has 2 aromatic rings. The van der Waals surface area contributed by atoms with Gasteiger partial charge in [0.15, 0.2) is 0 Å². The summed E-state index contributed by atoms with van der Waals surface area (Å²) < 4.78 is 0.983. The molecule has 0 spiro atoms. The van der Waals surface area contributed by atoms with Crippen LogP contribution in [0.1, 0.15) is 17.0 Å². The molecule has 0 saturated carbocycles. The Bertz CT molecular complexity index is 555. The van der Waals surface area contributed by atoms with Crippen molar-refractivity contribution >= 4 is 39.1 Å². The summed E-state index contributed by atoms with van der Waals surface area (Å²) in [7, 11) is 0. The summed E-state index contributed by atoms with van der Waals surface area (Å²) in [4.78, 5) is 0. The Kier molecular flexibility index (Phi) is 5.28. The van der Waals surface area contributed by atoms with Crippen LogP contribution in [0.3, 0.4) is 0 Å². The predicted molar refractivity (Wildman–Crippen MR) is 86.1 cm³/mol. The third-order valence-corrected chi connectivity index (χ3v) is 4.20. The molecular weight excluding hydrogens is 345 g/mol. The third kappa shape index (κ3) is 3.96. The zero-order valence-electron chi connectivity index (χ0n) is 10.2. The van der Waals surface area contributed by atoms with Crippen molar-refractivity contribution < 1.29 is 0 Å². The Morgan fingerprint density at radius 1 is 1.05 bits per heavy atom. The first-order valence-corrected chi connectivity index (χ1v) is 7.54. The lowest BCUT2D eigenvalue weighted by Gasteiger charge is -2.16. The molecule has 0 radical (unpaired) electrons. The van der Waals surface area contributed by atoms with E-state index >= 15 is 0 Å². The second kappa shape index (κ2) is 6.76. The molecule has 0 aliphatic carbocycles. The number of halogens is 3. The fourth-order valence-electron chi connectivity index (χ4n) is 2.02. The number of rotatable bonds is 4. The molecule has 0 fully saturated rings. The predicted octanol–water partition coefficient (Wildman–Crippen LogP) is 5.04. The summed E-state index contributed by atoms with van der Waals surface area (Å²) in [5.41, 5.74) is 8.18. The highest BCUT2D eigenvalue weighted by molar-refractivity contribution is 9.10. The third-order valence-electron chi connectivity index (χ3n) is 3.11. The quantitative estimate of drug-likeness (QED) is 0.813. The van der Waals surface area contributed by atoms with Gasteiger partial charge in [-0.05, 0) is 48.4 Å². The highest BCUT2D eigenvalue weighted by Crippen LogP contribution is 2.27. The Hall–Kier alpha value is -0.540. The van der Waals surface area contributed by atoms with Crippen LogP contribution in [0.15, 0.2) is 46.9 Å². The van der Waals surface area contributed by atoms with Gasteiger partial charge in [-0.2, -0.15) is 0 Å². The van der Waals surface area contributed by atoms with Crippen LogP contribution in [-0.2, 0) is 6.42 Å². The van der Waals surface area contributed by atoms with Gasteiger partial charge in [0.1, 0.15) is 0 Å². The Labute approximate surface area is 131 Å². The molecule has 0 heterocycles. The van der Waals surface area contributed by atoms with E-state index in [1.807, 2.05) is 42.5 Å². The fraction of sp³-hybridized carbons (Fsp3) is 0.200. The van der Waals surface area contributed by atoms with Gasteiger partial charge in [0, 0.05) is 20.4 Å². The average Bonchev–Trinajstić information content (AvgIpc) is 2.39. The molecular formula is C15H14BrCl2N. The first-order chi connectivity index (χ1) is 9.10.